The van der Waals surface area contributed by atoms with Crippen molar-refractivity contribution in [2.24, 2.45) is 0 Å². The fraction of sp³-hybridized carbons (Fsp3) is 0. The average molecular weight is 617 g/mol. The Morgan fingerprint density at radius 3 is 1.32 bits per heavy atom. The predicted molar refractivity (Wildman–Crippen MR) is 117 cm³/mol. The molecular formula is C21H17AuN4O4P+. The SMILES string of the molecule is O=[N+]([O-])c1cc([N+](=O)[O-])[n-]n1.[Au+].c1ccc([PH+](c2ccccc2)c2ccccc2)cc1. The summed E-state index contributed by atoms with van der Waals surface area (Å²) in [6, 6.07) is 33.2. The Bertz CT molecular complexity index is 990. The second kappa shape index (κ2) is 11.9. The van der Waals surface area contributed by atoms with Crippen molar-refractivity contribution < 1.29 is 32.2 Å². The number of hydrogen-bond donors (Lipinski definition) is 0. The van der Waals surface area contributed by atoms with Crippen molar-refractivity contribution in [2.75, 3.05) is 0 Å². The normalized spacial score (nSPS) is 9.84. The Hall–Kier alpha value is -3.16. The van der Waals surface area contributed by atoms with Crippen LogP contribution in [0, 0.1) is 20.2 Å². The predicted octanol–water partition coefficient (Wildman–Crippen LogP) is 3.03. The van der Waals surface area contributed by atoms with Crippen molar-refractivity contribution in [3.63, 3.8) is 0 Å². The molecule has 0 saturated carbocycles. The molecule has 0 atom stereocenters. The third-order valence-electron chi connectivity index (χ3n) is 4.07. The van der Waals surface area contributed by atoms with Crippen LogP contribution in [-0.4, -0.2) is 14.9 Å². The first-order chi connectivity index (χ1) is 14.6. The summed E-state index contributed by atoms with van der Waals surface area (Å²) in [6.07, 6.45) is 0. The number of nitrogens with zero attached hydrogens (tertiary/aromatic N) is 4. The molecule has 0 aliphatic carbocycles. The largest absolute Gasteiger partial charge is 1.00 e. The van der Waals surface area contributed by atoms with Crippen molar-refractivity contribution >= 4 is 35.5 Å². The van der Waals surface area contributed by atoms with Gasteiger partial charge in [0.1, 0.15) is 15.9 Å². The molecule has 0 fully saturated rings. The summed E-state index contributed by atoms with van der Waals surface area (Å²) in [5.74, 6) is -1.23. The number of hydrogen-bond acceptors (Lipinski definition) is 5. The van der Waals surface area contributed by atoms with Gasteiger partial charge < -0.3 is 20.2 Å². The molecule has 8 nitrogen and oxygen atoms in total. The fourth-order valence-electron chi connectivity index (χ4n) is 2.77. The van der Waals surface area contributed by atoms with Gasteiger partial charge in [0.2, 0.25) is 5.82 Å². The standard InChI is InChI=1S/C18H15P.C3HN4O4.Au/c1-4-10-16(11-5-1)19(17-12-6-2-7-13-17)18-14-8-3-9-15-18;8-6(9)2-1-3(5-4-2)7(10)11;/h1-15H;1H;/q;-1;+1/p+1. The van der Waals surface area contributed by atoms with E-state index in [-0.39, 0.29) is 22.4 Å². The van der Waals surface area contributed by atoms with Gasteiger partial charge in [0.25, 0.3) is 0 Å². The van der Waals surface area contributed by atoms with Gasteiger partial charge in [-0.2, -0.15) is 4.92 Å². The van der Waals surface area contributed by atoms with Crippen molar-refractivity contribution in [1.82, 2.24) is 10.2 Å². The van der Waals surface area contributed by atoms with E-state index >= 15 is 0 Å². The van der Waals surface area contributed by atoms with E-state index in [1.807, 2.05) is 0 Å². The van der Waals surface area contributed by atoms with Crippen molar-refractivity contribution in [3.8, 4) is 0 Å². The van der Waals surface area contributed by atoms with Crippen molar-refractivity contribution in [2.45, 2.75) is 0 Å². The minimum atomic E-state index is -0.877. The van der Waals surface area contributed by atoms with Gasteiger partial charge in [0.15, 0.2) is 0 Å². The zero-order chi connectivity index (χ0) is 21.3. The van der Waals surface area contributed by atoms with Crippen LogP contribution in [-0.2, 0) is 22.4 Å². The van der Waals surface area contributed by atoms with Crippen molar-refractivity contribution in [3.05, 3.63) is 117 Å². The summed E-state index contributed by atoms with van der Waals surface area (Å²) in [4.78, 5) is 18.1. The summed E-state index contributed by atoms with van der Waals surface area (Å²) < 4.78 is 0. The second-order valence-corrected chi connectivity index (χ2v) is 8.53. The Balaban J connectivity index is 0.000000245. The van der Waals surface area contributed by atoms with E-state index in [0.717, 1.165) is 0 Å². The van der Waals surface area contributed by atoms with Gasteiger partial charge in [-0.25, -0.2) is 0 Å². The van der Waals surface area contributed by atoms with Crippen LogP contribution in [0.5, 0.6) is 0 Å². The zero-order valence-electron chi connectivity index (χ0n) is 16.0. The van der Waals surface area contributed by atoms with Crippen LogP contribution in [0.1, 0.15) is 0 Å². The van der Waals surface area contributed by atoms with Crippen LogP contribution in [0.3, 0.4) is 0 Å². The Morgan fingerprint density at radius 1 is 0.677 bits per heavy atom. The number of nitro groups is 2. The molecule has 0 radical (unpaired) electrons. The molecule has 0 bridgehead atoms. The summed E-state index contributed by atoms with van der Waals surface area (Å²) >= 11 is 0. The summed E-state index contributed by atoms with van der Waals surface area (Å²) in [5, 5.41) is 30.0. The van der Waals surface area contributed by atoms with Crippen LogP contribution in [0.2, 0.25) is 0 Å². The number of rotatable bonds is 5. The Labute approximate surface area is 194 Å². The molecule has 0 unspecified atom stereocenters. The van der Waals surface area contributed by atoms with Gasteiger partial charge in [0, 0.05) is 0 Å². The molecule has 0 amide bonds. The second-order valence-electron chi connectivity index (χ2n) is 6.05. The molecule has 160 valence electrons. The topological polar surface area (TPSA) is 113 Å². The average Bonchev–Trinajstić information content (AvgIpc) is 3.28. The number of benzene rings is 3. The molecule has 31 heavy (non-hydrogen) atoms. The monoisotopic (exact) mass is 617 g/mol. The van der Waals surface area contributed by atoms with Gasteiger partial charge >= 0.3 is 28.2 Å². The Kier molecular flexibility index (Phi) is 9.24. The first kappa shape index (κ1) is 24.1. The maximum Gasteiger partial charge on any atom is 1.00 e. The number of aromatic nitrogens is 2. The maximum absolute atomic E-state index is 9.92. The molecule has 10 heteroatoms. The van der Waals surface area contributed by atoms with Crippen LogP contribution >= 0.6 is 7.92 Å². The fourth-order valence-corrected chi connectivity index (χ4v) is 5.35. The molecule has 0 aliphatic rings. The third kappa shape index (κ3) is 6.67. The molecule has 1 aromatic heterocycles. The van der Waals surface area contributed by atoms with Gasteiger partial charge in [-0.05, 0) is 46.4 Å². The van der Waals surface area contributed by atoms with E-state index in [1.54, 1.807) is 0 Å². The van der Waals surface area contributed by atoms with Gasteiger partial charge in [-0.3, -0.25) is 0 Å². The molecule has 0 aliphatic heterocycles. The van der Waals surface area contributed by atoms with E-state index < -0.39 is 29.4 Å². The quantitative estimate of drug-likeness (QED) is 0.147. The van der Waals surface area contributed by atoms with Gasteiger partial charge in [-0.1, -0.05) is 54.6 Å². The van der Waals surface area contributed by atoms with Crippen LogP contribution in [0.15, 0.2) is 97.1 Å². The first-order valence-electron chi connectivity index (χ1n) is 8.88. The van der Waals surface area contributed by atoms with E-state index in [9.17, 15) is 20.2 Å². The summed E-state index contributed by atoms with van der Waals surface area (Å²) in [7, 11) is -0.877. The van der Waals surface area contributed by atoms with Gasteiger partial charge in [-0.15, -0.1) is 0 Å². The third-order valence-corrected chi connectivity index (χ3v) is 6.81. The maximum atomic E-state index is 9.92. The molecule has 1 heterocycles. The van der Waals surface area contributed by atoms with Crippen molar-refractivity contribution in [1.29, 1.82) is 0 Å². The molecule has 4 aromatic rings. The molecular weight excluding hydrogens is 600 g/mol. The Morgan fingerprint density at radius 2 is 1.06 bits per heavy atom. The van der Waals surface area contributed by atoms with E-state index in [2.05, 4.69) is 101 Å². The molecule has 3 aromatic carbocycles. The summed E-state index contributed by atoms with van der Waals surface area (Å²) in [6.45, 7) is 0. The smallest absolute Gasteiger partial charge is 0.459 e. The molecule has 0 spiro atoms. The van der Waals surface area contributed by atoms with E-state index in [0.29, 0.717) is 6.07 Å². The van der Waals surface area contributed by atoms with E-state index in [4.69, 9.17) is 0 Å². The molecule has 0 saturated heterocycles. The van der Waals surface area contributed by atoms with Crippen LogP contribution in [0.25, 0.3) is 0 Å². The molecule has 0 N–H and O–H groups in total. The first-order valence-corrected chi connectivity index (χ1v) is 10.4. The minimum absolute atomic E-state index is 0. The van der Waals surface area contributed by atoms with E-state index in [1.165, 1.54) is 15.9 Å². The molecule has 4 rings (SSSR count). The minimum Gasteiger partial charge on any atom is -0.459 e. The zero-order valence-corrected chi connectivity index (χ0v) is 19.1. The van der Waals surface area contributed by atoms with Gasteiger partial charge in [0.05, 0.1) is 19.1 Å². The summed E-state index contributed by atoms with van der Waals surface area (Å²) in [5.41, 5.74) is 0. The van der Waals surface area contributed by atoms with Crippen LogP contribution < -0.4 is 21.0 Å². The van der Waals surface area contributed by atoms with Crippen LogP contribution in [0.4, 0.5) is 11.6 Å².